The summed E-state index contributed by atoms with van der Waals surface area (Å²) in [5.41, 5.74) is 3.31. The number of hydrogen-bond acceptors (Lipinski definition) is 1. The van der Waals surface area contributed by atoms with Crippen LogP contribution in [0, 0.1) is 0 Å². The quantitative estimate of drug-likeness (QED) is 0.747. The minimum atomic E-state index is -0.378. The molecule has 1 heteroatoms. The lowest BCUT2D eigenvalue weighted by atomic mass is 9.87. The number of rotatable bonds is 3. The molecule has 1 aliphatic heterocycles. The number of fused-ring (bicyclic) bond motifs is 1. The van der Waals surface area contributed by atoms with E-state index in [4.69, 9.17) is 4.74 Å². The van der Waals surface area contributed by atoms with Gasteiger partial charge in [0.15, 0.2) is 5.60 Å². The van der Waals surface area contributed by atoms with Crippen LogP contribution >= 0.6 is 0 Å². The van der Waals surface area contributed by atoms with Crippen LogP contribution in [0.15, 0.2) is 60.7 Å². The Bertz CT molecular complexity index is 627. The Labute approximate surface area is 120 Å². The second-order valence-corrected chi connectivity index (χ2v) is 5.40. The molecular formula is C19H20O. The van der Waals surface area contributed by atoms with Gasteiger partial charge in [-0.05, 0) is 25.0 Å². The van der Waals surface area contributed by atoms with Crippen LogP contribution in [0.4, 0.5) is 0 Å². The van der Waals surface area contributed by atoms with E-state index in [0.717, 1.165) is 18.6 Å². The van der Waals surface area contributed by atoms with Gasteiger partial charge in [0.05, 0.1) is 0 Å². The van der Waals surface area contributed by atoms with E-state index >= 15 is 0 Å². The van der Waals surface area contributed by atoms with Crippen LogP contribution in [0.2, 0.25) is 0 Å². The van der Waals surface area contributed by atoms with E-state index in [1.165, 1.54) is 16.7 Å². The van der Waals surface area contributed by atoms with E-state index in [0.29, 0.717) is 0 Å². The first-order valence-electron chi connectivity index (χ1n) is 7.30. The topological polar surface area (TPSA) is 9.23 Å². The van der Waals surface area contributed by atoms with Gasteiger partial charge in [-0.15, -0.1) is 0 Å². The molecule has 0 bridgehead atoms. The maximum atomic E-state index is 6.37. The Morgan fingerprint density at radius 1 is 1.00 bits per heavy atom. The van der Waals surface area contributed by atoms with E-state index in [1.807, 2.05) is 6.07 Å². The monoisotopic (exact) mass is 264 g/mol. The maximum Gasteiger partial charge on any atom is 0.157 e. The SMILES string of the molecule is CCCC=C1OC(C)(c2ccccc2)c2ccccc21. The van der Waals surface area contributed by atoms with Crippen molar-refractivity contribution < 1.29 is 4.74 Å². The van der Waals surface area contributed by atoms with Gasteiger partial charge in [0.1, 0.15) is 5.76 Å². The van der Waals surface area contributed by atoms with Crippen molar-refractivity contribution in [2.45, 2.75) is 32.3 Å². The van der Waals surface area contributed by atoms with E-state index < -0.39 is 0 Å². The smallest absolute Gasteiger partial charge is 0.157 e. The molecule has 0 radical (unpaired) electrons. The molecule has 2 aromatic carbocycles. The van der Waals surface area contributed by atoms with Gasteiger partial charge in [-0.3, -0.25) is 0 Å². The van der Waals surface area contributed by atoms with E-state index in [1.54, 1.807) is 0 Å². The second-order valence-electron chi connectivity index (χ2n) is 5.40. The highest BCUT2D eigenvalue weighted by atomic mass is 16.5. The van der Waals surface area contributed by atoms with Crippen molar-refractivity contribution in [1.29, 1.82) is 0 Å². The highest BCUT2D eigenvalue weighted by Gasteiger charge is 2.40. The number of benzene rings is 2. The molecule has 1 atom stereocenters. The molecule has 0 aliphatic carbocycles. The minimum Gasteiger partial charge on any atom is -0.478 e. The van der Waals surface area contributed by atoms with Crippen LogP contribution in [0.5, 0.6) is 0 Å². The third-order valence-electron chi connectivity index (χ3n) is 3.96. The Morgan fingerprint density at radius 3 is 2.45 bits per heavy atom. The first kappa shape index (κ1) is 13.0. The van der Waals surface area contributed by atoms with Crippen LogP contribution < -0.4 is 0 Å². The summed E-state index contributed by atoms with van der Waals surface area (Å²) in [6.07, 6.45) is 4.40. The van der Waals surface area contributed by atoms with Gasteiger partial charge in [-0.25, -0.2) is 0 Å². The first-order valence-corrected chi connectivity index (χ1v) is 7.30. The van der Waals surface area contributed by atoms with Crippen molar-refractivity contribution in [1.82, 2.24) is 0 Å². The molecule has 0 saturated carbocycles. The van der Waals surface area contributed by atoms with Crippen LogP contribution in [-0.2, 0) is 10.3 Å². The molecule has 1 aliphatic rings. The van der Waals surface area contributed by atoms with Gasteiger partial charge in [0.2, 0.25) is 0 Å². The molecule has 2 aromatic rings. The van der Waals surface area contributed by atoms with Gasteiger partial charge >= 0.3 is 0 Å². The fourth-order valence-electron chi connectivity index (χ4n) is 2.84. The molecule has 3 rings (SSSR count). The molecule has 0 amide bonds. The average molecular weight is 264 g/mol. The van der Waals surface area contributed by atoms with Crippen LogP contribution in [0.3, 0.4) is 0 Å². The van der Waals surface area contributed by atoms with Crippen LogP contribution in [0.25, 0.3) is 5.76 Å². The van der Waals surface area contributed by atoms with Crippen LogP contribution in [-0.4, -0.2) is 0 Å². The predicted octanol–water partition coefficient (Wildman–Crippen LogP) is 5.12. The highest BCUT2D eigenvalue weighted by Crippen LogP contribution is 2.46. The number of unbranched alkanes of at least 4 members (excludes halogenated alkanes) is 1. The molecule has 0 aromatic heterocycles. The molecule has 0 fully saturated rings. The van der Waals surface area contributed by atoms with Gasteiger partial charge in [0.25, 0.3) is 0 Å². The van der Waals surface area contributed by atoms with Gasteiger partial charge in [-0.2, -0.15) is 0 Å². The molecule has 1 unspecified atom stereocenters. The summed E-state index contributed by atoms with van der Waals surface area (Å²) in [6, 6.07) is 19.0. The van der Waals surface area contributed by atoms with Crippen molar-refractivity contribution in [2.24, 2.45) is 0 Å². The second kappa shape index (κ2) is 5.16. The molecule has 0 N–H and O–H groups in total. The predicted molar refractivity (Wildman–Crippen MR) is 83.3 cm³/mol. The molecular weight excluding hydrogens is 244 g/mol. The minimum absolute atomic E-state index is 0.378. The Morgan fingerprint density at radius 2 is 1.70 bits per heavy atom. The van der Waals surface area contributed by atoms with Crippen molar-refractivity contribution in [3.8, 4) is 0 Å². The van der Waals surface area contributed by atoms with E-state index in [2.05, 4.69) is 68.5 Å². The van der Waals surface area contributed by atoms with E-state index in [-0.39, 0.29) is 5.60 Å². The summed E-state index contributed by atoms with van der Waals surface area (Å²) in [6.45, 7) is 4.35. The molecule has 0 spiro atoms. The number of hydrogen-bond donors (Lipinski definition) is 0. The molecule has 20 heavy (non-hydrogen) atoms. The fourth-order valence-corrected chi connectivity index (χ4v) is 2.84. The lowest BCUT2D eigenvalue weighted by Gasteiger charge is -2.25. The average Bonchev–Trinajstić information content (AvgIpc) is 2.81. The lowest BCUT2D eigenvalue weighted by Crippen LogP contribution is -2.21. The summed E-state index contributed by atoms with van der Waals surface area (Å²) in [7, 11) is 0. The fraction of sp³-hybridized carbons (Fsp3) is 0.263. The zero-order valence-electron chi connectivity index (χ0n) is 12.1. The van der Waals surface area contributed by atoms with Crippen molar-refractivity contribution >= 4 is 5.76 Å². The van der Waals surface area contributed by atoms with Crippen LogP contribution in [0.1, 0.15) is 43.4 Å². The standard InChI is InChI=1S/C19H20O/c1-3-4-14-18-16-12-8-9-13-17(16)19(2,20-18)15-10-6-5-7-11-15/h5-14H,3-4H2,1-2H3. The molecule has 1 heterocycles. The van der Waals surface area contributed by atoms with Crippen molar-refractivity contribution in [3.63, 3.8) is 0 Å². The Kier molecular flexibility index (Phi) is 3.35. The zero-order chi connectivity index (χ0) is 14.0. The summed E-state index contributed by atoms with van der Waals surface area (Å²) < 4.78 is 6.37. The highest BCUT2D eigenvalue weighted by molar-refractivity contribution is 5.70. The number of ether oxygens (including phenoxy) is 1. The van der Waals surface area contributed by atoms with E-state index in [9.17, 15) is 0 Å². The third-order valence-corrected chi connectivity index (χ3v) is 3.96. The van der Waals surface area contributed by atoms with Gasteiger partial charge in [-0.1, -0.05) is 67.9 Å². The third kappa shape index (κ3) is 2.03. The largest absolute Gasteiger partial charge is 0.478 e. The maximum absolute atomic E-state index is 6.37. The number of allylic oxidation sites excluding steroid dienone is 1. The summed E-state index contributed by atoms with van der Waals surface area (Å²) in [4.78, 5) is 0. The van der Waals surface area contributed by atoms with Gasteiger partial charge in [0, 0.05) is 11.1 Å². The summed E-state index contributed by atoms with van der Waals surface area (Å²) >= 11 is 0. The lowest BCUT2D eigenvalue weighted by molar-refractivity contribution is 0.115. The van der Waals surface area contributed by atoms with Gasteiger partial charge < -0.3 is 4.74 Å². The Hall–Kier alpha value is -2.02. The molecule has 102 valence electrons. The summed E-state index contributed by atoms with van der Waals surface area (Å²) in [5.74, 6) is 1.02. The summed E-state index contributed by atoms with van der Waals surface area (Å²) in [5, 5.41) is 0. The zero-order valence-corrected chi connectivity index (χ0v) is 12.1. The molecule has 1 nitrogen and oxygen atoms in total. The Balaban J connectivity index is 2.12. The first-order chi connectivity index (χ1) is 9.75. The normalized spacial score (nSPS) is 22.6. The van der Waals surface area contributed by atoms with Crippen molar-refractivity contribution in [2.75, 3.05) is 0 Å². The van der Waals surface area contributed by atoms with Crippen molar-refractivity contribution in [3.05, 3.63) is 77.4 Å². The molecule has 0 saturated heterocycles.